The van der Waals surface area contributed by atoms with Crippen LogP contribution in [0.1, 0.15) is 39.8 Å². The van der Waals surface area contributed by atoms with Crippen LogP contribution in [0.4, 0.5) is 0 Å². The van der Waals surface area contributed by atoms with Crippen LogP contribution >= 0.6 is 15.9 Å². The van der Waals surface area contributed by atoms with Gasteiger partial charge in [-0.15, -0.1) is 0 Å². The summed E-state index contributed by atoms with van der Waals surface area (Å²) < 4.78 is 2.56. The summed E-state index contributed by atoms with van der Waals surface area (Å²) in [5.74, 6) is 0. The fourth-order valence-corrected chi connectivity index (χ4v) is 2.59. The van der Waals surface area contributed by atoms with Gasteiger partial charge in [0, 0.05) is 12.6 Å². The van der Waals surface area contributed by atoms with Gasteiger partial charge >= 0.3 is 0 Å². The Kier molecular flexibility index (Phi) is 4.38. The molecule has 1 heterocycles. The normalized spacial score (nSPS) is 15.9. The SMILES string of the molecule is Cn1ncc(Br)c1C(C)(O)CCNC(C)(C)C. The fraction of sp³-hybridized carbons (Fsp3) is 0.750. The summed E-state index contributed by atoms with van der Waals surface area (Å²) in [7, 11) is 1.84. The predicted octanol–water partition coefficient (Wildman–Crippen LogP) is 2.17. The standard InChI is InChI=1S/C12H22BrN3O/c1-11(2,3)14-7-6-12(4,17)10-9(13)8-15-16(10)5/h8,14,17H,6-7H2,1-5H3. The lowest BCUT2D eigenvalue weighted by Gasteiger charge is -2.27. The number of hydrogen-bond acceptors (Lipinski definition) is 3. The van der Waals surface area contributed by atoms with Crippen LogP contribution in [0.3, 0.4) is 0 Å². The minimum absolute atomic E-state index is 0.0692. The van der Waals surface area contributed by atoms with Crippen LogP contribution in [-0.4, -0.2) is 27.0 Å². The van der Waals surface area contributed by atoms with E-state index in [0.717, 1.165) is 16.7 Å². The molecule has 0 spiro atoms. The molecule has 1 aromatic rings. The van der Waals surface area contributed by atoms with Crippen LogP contribution in [-0.2, 0) is 12.6 Å². The minimum atomic E-state index is -0.887. The van der Waals surface area contributed by atoms with E-state index in [-0.39, 0.29) is 5.54 Å². The van der Waals surface area contributed by atoms with Crippen LogP contribution in [0.5, 0.6) is 0 Å². The Morgan fingerprint density at radius 1 is 1.41 bits per heavy atom. The van der Waals surface area contributed by atoms with Crippen LogP contribution in [0.2, 0.25) is 0 Å². The summed E-state index contributed by atoms with van der Waals surface area (Å²) in [4.78, 5) is 0. The third-order valence-corrected chi connectivity index (χ3v) is 3.25. The zero-order chi connectivity index (χ0) is 13.3. The lowest BCUT2D eigenvalue weighted by Crippen LogP contribution is -2.39. The molecule has 0 radical (unpaired) electrons. The fourth-order valence-electron chi connectivity index (χ4n) is 1.82. The Morgan fingerprint density at radius 3 is 2.41 bits per heavy atom. The summed E-state index contributed by atoms with van der Waals surface area (Å²) in [6.45, 7) is 8.92. The first kappa shape index (κ1) is 14.7. The predicted molar refractivity (Wildman–Crippen MR) is 72.9 cm³/mol. The molecule has 0 saturated carbocycles. The van der Waals surface area contributed by atoms with Crippen molar-refractivity contribution >= 4 is 15.9 Å². The highest BCUT2D eigenvalue weighted by Gasteiger charge is 2.29. The van der Waals surface area contributed by atoms with Crippen LogP contribution < -0.4 is 5.32 Å². The van der Waals surface area contributed by atoms with E-state index in [1.54, 1.807) is 10.9 Å². The molecular weight excluding hydrogens is 282 g/mol. The first-order valence-electron chi connectivity index (χ1n) is 5.79. The van der Waals surface area contributed by atoms with Gasteiger partial charge < -0.3 is 10.4 Å². The summed E-state index contributed by atoms with van der Waals surface area (Å²) in [5, 5.41) is 18.0. The molecule has 0 aliphatic rings. The molecule has 1 unspecified atom stereocenters. The van der Waals surface area contributed by atoms with E-state index in [2.05, 4.69) is 47.1 Å². The number of aliphatic hydroxyl groups is 1. The molecule has 0 bridgehead atoms. The molecule has 0 aliphatic heterocycles. The van der Waals surface area contributed by atoms with Gasteiger partial charge in [0.15, 0.2) is 0 Å². The van der Waals surface area contributed by atoms with Crippen molar-refractivity contribution in [2.75, 3.05) is 6.54 Å². The molecule has 98 valence electrons. The van der Waals surface area contributed by atoms with Crippen molar-refractivity contribution in [2.45, 2.75) is 45.3 Å². The van der Waals surface area contributed by atoms with Crippen LogP contribution in [0, 0.1) is 0 Å². The van der Waals surface area contributed by atoms with Crippen molar-refractivity contribution in [3.63, 3.8) is 0 Å². The summed E-state index contributed by atoms with van der Waals surface area (Å²) in [5.41, 5.74) is -0.00420. The van der Waals surface area contributed by atoms with Gasteiger partial charge in [-0.05, 0) is 56.6 Å². The maximum absolute atomic E-state index is 10.5. The van der Waals surface area contributed by atoms with Crippen molar-refractivity contribution in [3.05, 3.63) is 16.4 Å². The lowest BCUT2D eigenvalue weighted by atomic mass is 9.97. The number of nitrogens with one attached hydrogen (secondary N) is 1. The molecule has 1 aromatic heterocycles. The van der Waals surface area contributed by atoms with E-state index in [4.69, 9.17) is 0 Å². The smallest absolute Gasteiger partial charge is 0.106 e. The average Bonchev–Trinajstić information content (AvgIpc) is 2.43. The van der Waals surface area contributed by atoms with E-state index in [1.807, 2.05) is 14.0 Å². The molecule has 0 aliphatic carbocycles. The number of aromatic nitrogens is 2. The minimum Gasteiger partial charge on any atom is -0.384 e. The number of nitrogens with zero attached hydrogens (tertiary/aromatic N) is 2. The second-order valence-corrected chi connectivity index (χ2v) is 6.52. The van der Waals surface area contributed by atoms with Gasteiger partial charge in [-0.25, -0.2) is 0 Å². The van der Waals surface area contributed by atoms with Crippen molar-refractivity contribution in [3.8, 4) is 0 Å². The molecule has 4 nitrogen and oxygen atoms in total. The van der Waals surface area contributed by atoms with E-state index in [9.17, 15) is 5.11 Å². The third kappa shape index (κ3) is 4.08. The van der Waals surface area contributed by atoms with E-state index < -0.39 is 5.60 Å². The molecule has 1 atom stereocenters. The van der Waals surface area contributed by atoms with Gasteiger partial charge in [0.2, 0.25) is 0 Å². The number of aryl methyl sites for hydroxylation is 1. The molecule has 5 heteroatoms. The van der Waals surface area contributed by atoms with E-state index in [0.29, 0.717) is 6.42 Å². The summed E-state index contributed by atoms with van der Waals surface area (Å²) in [6, 6.07) is 0. The largest absolute Gasteiger partial charge is 0.384 e. The molecular formula is C12H22BrN3O. The molecule has 2 N–H and O–H groups in total. The number of halogens is 1. The quantitative estimate of drug-likeness (QED) is 0.896. The number of hydrogen-bond donors (Lipinski definition) is 2. The van der Waals surface area contributed by atoms with Crippen LogP contribution in [0.15, 0.2) is 10.7 Å². The van der Waals surface area contributed by atoms with Crippen molar-refractivity contribution in [1.29, 1.82) is 0 Å². The van der Waals surface area contributed by atoms with Gasteiger partial charge in [-0.2, -0.15) is 5.10 Å². The highest BCUT2D eigenvalue weighted by Crippen LogP contribution is 2.30. The molecule has 0 aromatic carbocycles. The first-order valence-corrected chi connectivity index (χ1v) is 6.58. The molecule has 1 rings (SSSR count). The van der Waals surface area contributed by atoms with Crippen molar-refractivity contribution in [2.24, 2.45) is 7.05 Å². The molecule has 0 amide bonds. The van der Waals surface area contributed by atoms with Gasteiger partial charge in [-0.1, -0.05) is 0 Å². The van der Waals surface area contributed by atoms with E-state index in [1.165, 1.54) is 0 Å². The average molecular weight is 304 g/mol. The Morgan fingerprint density at radius 2 is 2.00 bits per heavy atom. The van der Waals surface area contributed by atoms with Gasteiger partial charge in [0.05, 0.1) is 16.4 Å². The summed E-state index contributed by atoms with van der Waals surface area (Å²) >= 11 is 3.42. The Bertz CT molecular complexity index is 360. The Labute approximate surface area is 112 Å². The van der Waals surface area contributed by atoms with Crippen molar-refractivity contribution < 1.29 is 5.11 Å². The molecule has 0 saturated heterocycles. The highest BCUT2D eigenvalue weighted by molar-refractivity contribution is 9.10. The Balaban J connectivity index is 2.69. The van der Waals surface area contributed by atoms with Gasteiger partial charge in [-0.3, -0.25) is 4.68 Å². The third-order valence-electron chi connectivity index (χ3n) is 2.67. The second-order valence-electron chi connectivity index (χ2n) is 5.67. The topological polar surface area (TPSA) is 50.1 Å². The Hall–Kier alpha value is -0.390. The molecule has 17 heavy (non-hydrogen) atoms. The van der Waals surface area contributed by atoms with Gasteiger partial charge in [0.1, 0.15) is 5.60 Å². The first-order chi connectivity index (χ1) is 7.63. The summed E-state index contributed by atoms with van der Waals surface area (Å²) in [6.07, 6.45) is 2.35. The van der Waals surface area contributed by atoms with Crippen LogP contribution in [0.25, 0.3) is 0 Å². The zero-order valence-corrected chi connectivity index (χ0v) is 12.8. The van der Waals surface area contributed by atoms with Crippen molar-refractivity contribution in [1.82, 2.24) is 15.1 Å². The maximum atomic E-state index is 10.5. The van der Waals surface area contributed by atoms with E-state index >= 15 is 0 Å². The maximum Gasteiger partial charge on any atom is 0.106 e. The van der Waals surface area contributed by atoms with Gasteiger partial charge in [0.25, 0.3) is 0 Å². The monoisotopic (exact) mass is 303 g/mol. The second kappa shape index (κ2) is 5.08. The highest BCUT2D eigenvalue weighted by atomic mass is 79.9. The molecule has 0 fully saturated rings. The lowest BCUT2D eigenvalue weighted by molar-refractivity contribution is 0.0374. The zero-order valence-electron chi connectivity index (χ0n) is 11.2. The number of rotatable bonds is 4.